The van der Waals surface area contributed by atoms with Crippen molar-refractivity contribution in [2.24, 2.45) is 0 Å². The van der Waals surface area contributed by atoms with E-state index in [1.165, 1.54) is 4.31 Å². The summed E-state index contributed by atoms with van der Waals surface area (Å²) < 4.78 is 27.1. The van der Waals surface area contributed by atoms with E-state index in [-0.39, 0.29) is 6.04 Å². The molecule has 0 aromatic heterocycles. The van der Waals surface area contributed by atoms with Crippen LogP contribution in [0.1, 0.15) is 33.3 Å². The maximum absolute atomic E-state index is 12.6. The molecule has 1 rings (SSSR count). The largest absolute Gasteiger partial charge is 0.310 e. The van der Waals surface area contributed by atoms with Crippen molar-refractivity contribution in [3.63, 3.8) is 0 Å². The molecule has 0 saturated heterocycles. The monoisotopic (exact) mass is 362 g/mol. The molecular formula is C14H23BrN2O2S. The second-order valence-electron chi connectivity index (χ2n) is 5.42. The summed E-state index contributed by atoms with van der Waals surface area (Å²) in [5.41, 5.74) is 0.956. The van der Waals surface area contributed by atoms with Crippen molar-refractivity contribution in [1.29, 1.82) is 0 Å². The van der Waals surface area contributed by atoms with Gasteiger partial charge in [-0.1, -0.05) is 19.9 Å². The number of hydrogen-bond acceptors (Lipinski definition) is 3. The van der Waals surface area contributed by atoms with E-state index in [1.807, 2.05) is 19.9 Å². The van der Waals surface area contributed by atoms with Crippen molar-refractivity contribution >= 4 is 26.0 Å². The number of nitrogens with zero attached hydrogens (tertiary/aromatic N) is 1. The zero-order chi connectivity index (χ0) is 15.5. The van der Waals surface area contributed by atoms with Crippen LogP contribution in [-0.2, 0) is 16.6 Å². The Morgan fingerprint density at radius 2 is 1.85 bits per heavy atom. The molecular weight excluding hydrogens is 340 g/mol. The first kappa shape index (κ1) is 17.6. The van der Waals surface area contributed by atoms with E-state index >= 15 is 0 Å². The average molecular weight is 363 g/mol. The highest BCUT2D eigenvalue weighted by molar-refractivity contribution is 9.10. The van der Waals surface area contributed by atoms with Gasteiger partial charge in [0.05, 0.1) is 4.90 Å². The van der Waals surface area contributed by atoms with Gasteiger partial charge in [-0.25, -0.2) is 8.42 Å². The van der Waals surface area contributed by atoms with E-state index in [2.05, 4.69) is 35.1 Å². The van der Waals surface area contributed by atoms with Crippen molar-refractivity contribution in [2.75, 3.05) is 7.05 Å². The van der Waals surface area contributed by atoms with Crippen molar-refractivity contribution < 1.29 is 8.42 Å². The van der Waals surface area contributed by atoms with Crippen LogP contribution in [0.15, 0.2) is 27.6 Å². The third kappa shape index (κ3) is 4.28. The first-order valence-electron chi connectivity index (χ1n) is 6.66. The minimum absolute atomic E-state index is 0.0793. The molecule has 0 aliphatic carbocycles. The Kier molecular flexibility index (Phi) is 6.19. The predicted molar refractivity (Wildman–Crippen MR) is 86.2 cm³/mol. The van der Waals surface area contributed by atoms with E-state index in [4.69, 9.17) is 0 Å². The highest BCUT2D eigenvalue weighted by Gasteiger charge is 2.25. The van der Waals surface area contributed by atoms with E-state index < -0.39 is 10.0 Å². The maximum Gasteiger partial charge on any atom is 0.244 e. The van der Waals surface area contributed by atoms with Crippen LogP contribution in [-0.4, -0.2) is 31.9 Å². The molecule has 0 amide bonds. The van der Waals surface area contributed by atoms with Gasteiger partial charge in [-0.05, 0) is 47.5 Å². The molecule has 0 aliphatic rings. The Bertz CT molecular complexity index is 556. The van der Waals surface area contributed by atoms with Gasteiger partial charge in [0.15, 0.2) is 0 Å². The molecule has 0 unspecified atom stereocenters. The lowest BCUT2D eigenvalue weighted by Crippen LogP contribution is -2.33. The molecule has 0 radical (unpaired) electrons. The van der Waals surface area contributed by atoms with Gasteiger partial charge in [0.2, 0.25) is 10.0 Å². The summed E-state index contributed by atoms with van der Waals surface area (Å²) in [6.07, 6.45) is 0. The SMILES string of the molecule is CC(C)NCc1ccc(Br)c(S(=O)(=O)N(C)C(C)C)c1. The van der Waals surface area contributed by atoms with Crippen LogP contribution < -0.4 is 5.32 Å². The lowest BCUT2D eigenvalue weighted by molar-refractivity contribution is 0.410. The van der Waals surface area contributed by atoms with Crippen molar-refractivity contribution in [3.05, 3.63) is 28.2 Å². The molecule has 6 heteroatoms. The van der Waals surface area contributed by atoms with Gasteiger partial charge >= 0.3 is 0 Å². The lowest BCUT2D eigenvalue weighted by Gasteiger charge is -2.22. The molecule has 0 spiro atoms. The number of rotatable bonds is 6. The summed E-state index contributed by atoms with van der Waals surface area (Å²) in [4.78, 5) is 0.316. The molecule has 1 N–H and O–H groups in total. The molecule has 0 saturated carbocycles. The Balaban J connectivity index is 3.14. The van der Waals surface area contributed by atoms with E-state index in [9.17, 15) is 8.42 Å². The summed E-state index contributed by atoms with van der Waals surface area (Å²) >= 11 is 3.34. The smallest absolute Gasteiger partial charge is 0.244 e. The summed E-state index contributed by atoms with van der Waals surface area (Å²) in [7, 11) is -1.87. The minimum atomic E-state index is -3.47. The summed E-state index contributed by atoms with van der Waals surface area (Å²) in [5.74, 6) is 0. The summed E-state index contributed by atoms with van der Waals surface area (Å²) in [6.45, 7) is 8.48. The van der Waals surface area contributed by atoms with Crippen LogP contribution in [0.5, 0.6) is 0 Å². The van der Waals surface area contributed by atoms with Crippen LogP contribution in [0.25, 0.3) is 0 Å². The fraction of sp³-hybridized carbons (Fsp3) is 0.571. The lowest BCUT2D eigenvalue weighted by atomic mass is 10.2. The molecule has 0 heterocycles. The molecule has 4 nitrogen and oxygen atoms in total. The fourth-order valence-electron chi connectivity index (χ4n) is 1.61. The Morgan fingerprint density at radius 3 is 2.35 bits per heavy atom. The molecule has 1 aromatic rings. The second-order valence-corrected chi connectivity index (χ2v) is 8.24. The van der Waals surface area contributed by atoms with Crippen LogP contribution in [0.2, 0.25) is 0 Å². The van der Waals surface area contributed by atoms with Crippen LogP contribution in [0, 0.1) is 0 Å². The van der Waals surface area contributed by atoms with Crippen molar-refractivity contribution in [1.82, 2.24) is 9.62 Å². The van der Waals surface area contributed by atoms with E-state index in [0.717, 1.165) is 5.56 Å². The van der Waals surface area contributed by atoms with Crippen LogP contribution in [0.3, 0.4) is 0 Å². The highest BCUT2D eigenvalue weighted by Crippen LogP contribution is 2.26. The zero-order valence-corrected chi connectivity index (χ0v) is 15.0. The van der Waals surface area contributed by atoms with Gasteiger partial charge in [-0.3, -0.25) is 0 Å². The number of benzene rings is 1. The molecule has 0 aliphatic heterocycles. The fourth-order valence-corrected chi connectivity index (χ4v) is 3.95. The Morgan fingerprint density at radius 1 is 1.25 bits per heavy atom. The number of halogens is 1. The third-order valence-electron chi connectivity index (χ3n) is 3.09. The third-order valence-corrected chi connectivity index (χ3v) is 6.12. The van der Waals surface area contributed by atoms with Crippen LogP contribution >= 0.6 is 15.9 Å². The van der Waals surface area contributed by atoms with Gasteiger partial charge < -0.3 is 5.32 Å². The van der Waals surface area contributed by atoms with Crippen LogP contribution in [0.4, 0.5) is 0 Å². The Hall–Kier alpha value is -0.430. The standard InChI is InChI=1S/C14H23BrN2O2S/c1-10(2)16-9-12-6-7-13(15)14(8-12)20(18,19)17(5)11(3)4/h6-8,10-11,16H,9H2,1-5H3. The van der Waals surface area contributed by atoms with Crippen molar-refractivity contribution in [3.8, 4) is 0 Å². The van der Waals surface area contributed by atoms with E-state index in [0.29, 0.717) is 22.0 Å². The van der Waals surface area contributed by atoms with Gasteiger partial charge in [0, 0.05) is 30.1 Å². The Labute approximate surface area is 130 Å². The molecule has 0 bridgehead atoms. The number of hydrogen-bond donors (Lipinski definition) is 1. The average Bonchev–Trinajstić information content (AvgIpc) is 2.36. The first-order valence-corrected chi connectivity index (χ1v) is 8.89. The first-order chi connectivity index (χ1) is 9.16. The predicted octanol–water partition coefficient (Wildman–Crippen LogP) is 2.98. The normalized spacial score (nSPS) is 12.7. The summed E-state index contributed by atoms with van der Waals surface area (Å²) in [5, 5.41) is 3.29. The summed E-state index contributed by atoms with van der Waals surface area (Å²) in [6, 6.07) is 5.72. The number of nitrogens with one attached hydrogen (secondary N) is 1. The molecule has 0 atom stereocenters. The quantitative estimate of drug-likeness (QED) is 0.845. The highest BCUT2D eigenvalue weighted by atomic mass is 79.9. The molecule has 20 heavy (non-hydrogen) atoms. The molecule has 1 aromatic carbocycles. The second kappa shape index (κ2) is 7.02. The van der Waals surface area contributed by atoms with Gasteiger partial charge in [-0.15, -0.1) is 0 Å². The molecule has 0 fully saturated rings. The topological polar surface area (TPSA) is 49.4 Å². The number of sulfonamides is 1. The minimum Gasteiger partial charge on any atom is -0.310 e. The maximum atomic E-state index is 12.6. The zero-order valence-electron chi connectivity index (χ0n) is 12.6. The van der Waals surface area contributed by atoms with Gasteiger partial charge in [-0.2, -0.15) is 4.31 Å². The van der Waals surface area contributed by atoms with Gasteiger partial charge in [0.25, 0.3) is 0 Å². The van der Waals surface area contributed by atoms with Gasteiger partial charge in [0.1, 0.15) is 0 Å². The van der Waals surface area contributed by atoms with E-state index in [1.54, 1.807) is 19.2 Å². The van der Waals surface area contributed by atoms with Crippen molar-refractivity contribution in [2.45, 2.75) is 51.2 Å². The molecule has 114 valence electrons.